The Bertz CT molecular complexity index is 661. The van der Waals surface area contributed by atoms with Crippen LogP contribution in [-0.2, 0) is 9.63 Å². The number of para-hydroxylation sites is 1. The van der Waals surface area contributed by atoms with Crippen LogP contribution in [0, 0.1) is 13.8 Å². The molecule has 0 aliphatic carbocycles. The monoisotopic (exact) mass is 316 g/mol. The fraction of sp³-hybridized carbons (Fsp3) is 0.176. The molecule has 1 N–H and O–H groups in total. The van der Waals surface area contributed by atoms with Gasteiger partial charge in [-0.1, -0.05) is 47.1 Å². The van der Waals surface area contributed by atoms with E-state index in [1.165, 1.54) is 6.21 Å². The zero-order chi connectivity index (χ0) is 15.9. The Kier molecular flexibility index (Phi) is 5.55. The molecule has 114 valence electrons. The van der Waals surface area contributed by atoms with Gasteiger partial charge in [-0.15, -0.1) is 0 Å². The Balaban J connectivity index is 1.84. The van der Waals surface area contributed by atoms with E-state index in [-0.39, 0.29) is 12.5 Å². The van der Waals surface area contributed by atoms with Crippen LogP contribution in [0.15, 0.2) is 47.6 Å². The first-order chi connectivity index (χ1) is 10.6. The van der Waals surface area contributed by atoms with Gasteiger partial charge in [-0.3, -0.25) is 4.79 Å². The highest BCUT2D eigenvalue weighted by atomic mass is 35.5. The van der Waals surface area contributed by atoms with Crippen molar-refractivity contribution in [2.45, 2.75) is 13.8 Å². The molecule has 0 bridgehead atoms. The number of hydrogen-bond donors (Lipinski definition) is 1. The summed E-state index contributed by atoms with van der Waals surface area (Å²) in [7, 11) is 0. The number of aryl methyl sites for hydroxylation is 2. The number of halogens is 1. The standard InChI is InChI=1S/C17H17ClN2O2/c1-12-4-3-5-13(2)17(12)20-16(21)11-22-19-10-14-6-8-15(18)9-7-14/h3-10H,11H2,1-2H3,(H,20,21)/b19-10-. The minimum atomic E-state index is -0.245. The molecule has 0 saturated carbocycles. The predicted molar refractivity (Wildman–Crippen MR) is 89.5 cm³/mol. The molecule has 0 spiro atoms. The van der Waals surface area contributed by atoms with Gasteiger partial charge >= 0.3 is 0 Å². The summed E-state index contributed by atoms with van der Waals surface area (Å²) < 4.78 is 0. The van der Waals surface area contributed by atoms with Crippen LogP contribution in [-0.4, -0.2) is 18.7 Å². The molecule has 4 nitrogen and oxygen atoms in total. The van der Waals surface area contributed by atoms with Gasteiger partial charge in [-0.05, 0) is 42.7 Å². The van der Waals surface area contributed by atoms with Gasteiger partial charge in [0, 0.05) is 10.7 Å². The maximum Gasteiger partial charge on any atom is 0.265 e. The molecule has 0 radical (unpaired) electrons. The molecule has 0 unspecified atom stereocenters. The number of carbonyl (C=O) groups is 1. The molecule has 0 saturated heterocycles. The predicted octanol–water partition coefficient (Wildman–Crippen LogP) is 3.95. The number of hydrogen-bond acceptors (Lipinski definition) is 3. The Morgan fingerprint density at radius 2 is 1.82 bits per heavy atom. The van der Waals surface area contributed by atoms with Crippen molar-refractivity contribution in [3.05, 3.63) is 64.2 Å². The first-order valence-corrected chi connectivity index (χ1v) is 7.21. The minimum absolute atomic E-state index is 0.141. The van der Waals surface area contributed by atoms with E-state index in [0.717, 1.165) is 22.4 Å². The lowest BCUT2D eigenvalue weighted by Gasteiger charge is -2.10. The van der Waals surface area contributed by atoms with Crippen molar-refractivity contribution in [3.63, 3.8) is 0 Å². The SMILES string of the molecule is Cc1cccc(C)c1NC(=O)CO/N=C\c1ccc(Cl)cc1. The highest BCUT2D eigenvalue weighted by molar-refractivity contribution is 6.30. The molecule has 0 aliphatic rings. The van der Waals surface area contributed by atoms with Crippen molar-refractivity contribution in [1.29, 1.82) is 0 Å². The van der Waals surface area contributed by atoms with Crippen LogP contribution in [0.25, 0.3) is 0 Å². The zero-order valence-electron chi connectivity index (χ0n) is 12.5. The fourth-order valence-electron chi connectivity index (χ4n) is 1.93. The molecule has 5 heteroatoms. The first-order valence-electron chi connectivity index (χ1n) is 6.83. The second-order valence-electron chi connectivity index (χ2n) is 4.87. The van der Waals surface area contributed by atoms with E-state index in [2.05, 4.69) is 10.5 Å². The van der Waals surface area contributed by atoms with E-state index >= 15 is 0 Å². The highest BCUT2D eigenvalue weighted by Gasteiger charge is 2.07. The zero-order valence-corrected chi connectivity index (χ0v) is 13.2. The molecule has 2 aromatic carbocycles. The fourth-order valence-corrected chi connectivity index (χ4v) is 2.06. The Morgan fingerprint density at radius 1 is 1.18 bits per heavy atom. The number of nitrogens with one attached hydrogen (secondary N) is 1. The van der Waals surface area contributed by atoms with Gasteiger partial charge in [0.15, 0.2) is 6.61 Å². The van der Waals surface area contributed by atoms with Gasteiger partial charge in [-0.2, -0.15) is 0 Å². The summed E-state index contributed by atoms with van der Waals surface area (Å²) in [6, 6.07) is 13.0. The lowest BCUT2D eigenvalue weighted by atomic mass is 10.1. The topological polar surface area (TPSA) is 50.7 Å². The van der Waals surface area contributed by atoms with Crippen molar-refractivity contribution in [2.24, 2.45) is 5.16 Å². The van der Waals surface area contributed by atoms with Gasteiger partial charge in [0.05, 0.1) is 6.21 Å². The molecule has 1 amide bonds. The van der Waals surface area contributed by atoms with Crippen molar-refractivity contribution >= 4 is 29.4 Å². The lowest BCUT2D eigenvalue weighted by molar-refractivity contribution is -0.120. The second kappa shape index (κ2) is 7.61. The molecule has 0 heterocycles. The van der Waals surface area contributed by atoms with Crippen LogP contribution >= 0.6 is 11.6 Å². The average Bonchev–Trinajstić information content (AvgIpc) is 2.49. The average molecular weight is 317 g/mol. The van der Waals surface area contributed by atoms with E-state index in [4.69, 9.17) is 16.4 Å². The van der Waals surface area contributed by atoms with Gasteiger partial charge in [-0.25, -0.2) is 0 Å². The van der Waals surface area contributed by atoms with Crippen molar-refractivity contribution < 1.29 is 9.63 Å². The van der Waals surface area contributed by atoms with Gasteiger partial charge < -0.3 is 10.2 Å². The third kappa shape index (κ3) is 4.60. The number of nitrogens with zero attached hydrogens (tertiary/aromatic N) is 1. The smallest absolute Gasteiger partial charge is 0.265 e. The summed E-state index contributed by atoms with van der Waals surface area (Å²) in [5.41, 5.74) is 3.69. The third-order valence-corrected chi connectivity index (χ3v) is 3.34. The number of amides is 1. The van der Waals surface area contributed by atoms with E-state index in [1.54, 1.807) is 12.1 Å². The summed E-state index contributed by atoms with van der Waals surface area (Å²) in [5.74, 6) is -0.245. The Hall–Kier alpha value is -2.33. The van der Waals surface area contributed by atoms with Gasteiger partial charge in [0.25, 0.3) is 5.91 Å². The van der Waals surface area contributed by atoms with Crippen LogP contribution < -0.4 is 5.32 Å². The number of carbonyl (C=O) groups excluding carboxylic acids is 1. The van der Waals surface area contributed by atoms with Crippen LogP contribution in [0.2, 0.25) is 5.02 Å². The molecule has 0 aromatic heterocycles. The summed E-state index contributed by atoms with van der Waals surface area (Å²) in [4.78, 5) is 16.9. The normalized spacial score (nSPS) is 10.7. The third-order valence-electron chi connectivity index (χ3n) is 3.09. The number of oxime groups is 1. The van der Waals surface area contributed by atoms with Crippen LogP contribution in [0.4, 0.5) is 5.69 Å². The largest absolute Gasteiger partial charge is 0.386 e. The molecule has 0 fully saturated rings. The minimum Gasteiger partial charge on any atom is -0.386 e. The van der Waals surface area contributed by atoms with E-state index < -0.39 is 0 Å². The van der Waals surface area contributed by atoms with Crippen LogP contribution in [0.1, 0.15) is 16.7 Å². The number of benzene rings is 2. The lowest BCUT2D eigenvalue weighted by Crippen LogP contribution is -2.18. The molecule has 2 aromatic rings. The molecule has 2 rings (SSSR count). The van der Waals surface area contributed by atoms with E-state index in [0.29, 0.717) is 5.02 Å². The highest BCUT2D eigenvalue weighted by Crippen LogP contribution is 2.19. The Labute approximate surface area is 134 Å². The van der Waals surface area contributed by atoms with Crippen molar-refractivity contribution in [1.82, 2.24) is 0 Å². The second-order valence-corrected chi connectivity index (χ2v) is 5.31. The molecular weight excluding hydrogens is 300 g/mol. The van der Waals surface area contributed by atoms with E-state index in [1.807, 2.05) is 44.2 Å². The number of anilines is 1. The first kappa shape index (κ1) is 16.0. The summed E-state index contributed by atoms with van der Waals surface area (Å²) in [6.07, 6.45) is 1.53. The quantitative estimate of drug-likeness (QED) is 0.671. The van der Waals surface area contributed by atoms with E-state index in [9.17, 15) is 4.79 Å². The molecule has 0 aliphatic heterocycles. The van der Waals surface area contributed by atoms with Crippen molar-refractivity contribution in [2.75, 3.05) is 11.9 Å². The summed E-state index contributed by atoms with van der Waals surface area (Å²) >= 11 is 5.79. The maximum absolute atomic E-state index is 11.8. The van der Waals surface area contributed by atoms with Gasteiger partial charge in [0.2, 0.25) is 0 Å². The molecule has 22 heavy (non-hydrogen) atoms. The van der Waals surface area contributed by atoms with Crippen LogP contribution in [0.5, 0.6) is 0 Å². The van der Waals surface area contributed by atoms with Crippen molar-refractivity contribution in [3.8, 4) is 0 Å². The Morgan fingerprint density at radius 3 is 2.45 bits per heavy atom. The summed E-state index contributed by atoms with van der Waals surface area (Å²) in [6.45, 7) is 3.75. The van der Waals surface area contributed by atoms with Gasteiger partial charge in [0.1, 0.15) is 0 Å². The maximum atomic E-state index is 11.8. The van der Waals surface area contributed by atoms with Crippen LogP contribution in [0.3, 0.4) is 0 Å². The summed E-state index contributed by atoms with van der Waals surface area (Å²) in [5, 5.41) is 7.26. The number of rotatable bonds is 5. The molecule has 0 atom stereocenters. The molecular formula is C17H17ClN2O2.